The van der Waals surface area contributed by atoms with Crippen molar-refractivity contribution < 1.29 is 4.79 Å². The van der Waals surface area contributed by atoms with Gasteiger partial charge in [0.2, 0.25) is 5.91 Å². The third-order valence-corrected chi connectivity index (χ3v) is 1.31. The first-order chi connectivity index (χ1) is 5.04. The lowest BCUT2D eigenvalue weighted by Gasteiger charge is -2.03. The summed E-state index contributed by atoms with van der Waals surface area (Å²) in [7, 11) is 1.84. The predicted molar refractivity (Wildman–Crippen MR) is 48.2 cm³/mol. The van der Waals surface area contributed by atoms with Gasteiger partial charge < -0.3 is 4.90 Å². The second kappa shape index (κ2) is 5.92. The van der Waals surface area contributed by atoms with E-state index in [9.17, 15) is 4.79 Å². The maximum absolute atomic E-state index is 10.5. The highest BCUT2D eigenvalue weighted by molar-refractivity contribution is 6.63. The number of hydrogen-bond acceptors (Lipinski definition) is 1. The maximum atomic E-state index is 10.5. The Labute approximate surface area is 81.4 Å². The van der Waals surface area contributed by atoms with Crippen LogP contribution in [-0.2, 0) is 4.79 Å². The van der Waals surface area contributed by atoms with Crippen LogP contribution in [0, 0.1) is 0 Å². The van der Waals surface area contributed by atoms with Crippen molar-refractivity contribution in [3.05, 3.63) is 0 Å². The molecule has 1 saturated heterocycles. The molecule has 1 fully saturated rings. The molecular weight excluding hydrogens is 208 g/mol. The van der Waals surface area contributed by atoms with E-state index in [1.165, 1.54) is 0 Å². The SMILES string of the molecule is CN1CCCC1=O.ClC(Cl)Cl. The highest BCUT2D eigenvalue weighted by atomic mass is 35.6. The number of nitrogens with zero attached hydrogens (tertiary/aromatic N) is 1. The standard InChI is InChI=1S/C5H9NO.CHCl3/c1-6-4-2-3-5(6)7;2-1(3)4/h2-4H2,1H3;1H. The molecule has 1 aliphatic rings. The number of hydrogen-bond donors (Lipinski definition) is 0. The van der Waals surface area contributed by atoms with Crippen LogP contribution in [0.1, 0.15) is 12.8 Å². The summed E-state index contributed by atoms with van der Waals surface area (Å²) >= 11 is 14.4. The molecule has 1 aliphatic heterocycles. The van der Waals surface area contributed by atoms with Crippen molar-refractivity contribution in [1.82, 2.24) is 4.90 Å². The lowest BCUT2D eigenvalue weighted by molar-refractivity contribution is -0.126. The van der Waals surface area contributed by atoms with Gasteiger partial charge in [0.25, 0.3) is 0 Å². The Morgan fingerprint density at radius 2 is 1.91 bits per heavy atom. The first-order valence-corrected chi connectivity index (χ1v) is 4.51. The molecule has 0 spiro atoms. The van der Waals surface area contributed by atoms with E-state index in [4.69, 9.17) is 34.8 Å². The molecule has 0 atom stereocenters. The van der Waals surface area contributed by atoms with Gasteiger partial charge in [-0.25, -0.2) is 0 Å². The average Bonchev–Trinajstić information content (AvgIpc) is 2.15. The van der Waals surface area contributed by atoms with Crippen molar-refractivity contribution in [3.63, 3.8) is 0 Å². The van der Waals surface area contributed by atoms with Crippen molar-refractivity contribution in [2.45, 2.75) is 17.1 Å². The summed E-state index contributed by atoms with van der Waals surface area (Å²) in [5.74, 6) is 0.292. The van der Waals surface area contributed by atoms with Crippen molar-refractivity contribution in [2.24, 2.45) is 0 Å². The topological polar surface area (TPSA) is 20.3 Å². The minimum atomic E-state index is -0.750. The van der Waals surface area contributed by atoms with Gasteiger partial charge in [-0.2, -0.15) is 0 Å². The Bertz CT molecular complexity index is 126. The van der Waals surface area contributed by atoms with E-state index in [1.54, 1.807) is 4.90 Å². The zero-order chi connectivity index (χ0) is 8.85. The molecule has 0 N–H and O–H groups in total. The summed E-state index contributed by atoms with van der Waals surface area (Å²) in [6.45, 7) is 0.957. The lowest BCUT2D eigenvalue weighted by Crippen LogP contribution is -2.17. The molecule has 1 amide bonds. The molecule has 0 saturated carbocycles. The molecule has 1 rings (SSSR count). The Morgan fingerprint density at radius 1 is 1.45 bits per heavy atom. The minimum absolute atomic E-state index is 0.292. The first kappa shape index (κ1) is 11.3. The monoisotopic (exact) mass is 217 g/mol. The fraction of sp³-hybridized carbons (Fsp3) is 0.833. The highest BCUT2D eigenvalue weighted by Gasteiger charge is 2.14. The van der Waals surface area contributed by atoms with Crippen LogP contribution >= 0.6 is 34.8 Å². The van der Waals surface area contributed by atoms with E-state index < -0.39 is 4.30 Å². The van der Waals surface area contributed by atoms with E-state index >= 15 is 0 Å². The molecular formula is C6H10Cl3NO. The number of amides is 1. The van der Waals surface area contributed by atoms with E-state index in [2.05, 4.69) is 0 Å². The summed E-state index contributed by atoms with van der Waals surface area (Å²) < 4.78 is -0.750. The number of carbonyl (C=O) groups excluding carboxylic acids is 1. The smallest absolute Gasteiger partial charge is 0.222 e. The van der Waals surface area contributed by atoms with Gasteiger partial charge in [-0.3, -0.25) is 4.79 Å². The molecule has 1 heterocycles. The molecule has 11 heavy (non-hydrogen) atoms. The van der Waals surface area contributed by atoms with Crippen LogP contribution in [0.4, 0.5) is 0 Å². The van der Waals surface area contributed by atoms with Gasteiger partial charge in [-0.1, -0.05) is 34.8 Å². The zero-order valence-corrected chi connectivity index (χ0v) is 8.46. The molecule has 0 aromatic carbocycles. The molecule has 66 valence electrons. The van der Waals surface area contributed by atoms with Crippen LogP contribution in [0.3, 0.4) is 0 Å². The van der Waals surface area contributed by atoms with Gasteiger partial charge in [-0.15, -0.1) is 0 Å². The van der Waals surface area contributed by atoms with Crippen LogP contribution in [0.15, 0.2) is 0 Å². The highest BCUT2D eigenvalue weighted by Crippen LogP contribution is 2.04. The molecule has 0 unspecified atom stereocenters. The zero-order valence-electron chi connectivity index (χ0n) is 6.19. The fourth-order valence-corrected chi connectivity index (χ4v) is 0.783. The molecule has 0 aromatic heterocycles. The average molecular weight is 219 g/mol. The third-order valence-electron chi connectivity index (χ3n) is 1.31. The van der Waals surface area contributed by atoms with Crippen LogP contribution in [-0.4, -0.2) is 28.7 Å². The largest absolute Gasteiger partial charge is 0.346 e. The van der Waals surface area contributed by atoms with Gasteiger partial charge in [0.1, 0.15) is 0 Å². The number of alkyl halides is 3. The van der Waals surface area contributed by atoms with Crippen molar-refractivity contribution in [3.8, 4) is 0 Å². The summed E-state index contributed by atoms with van der Waals surface area (Å²) in [5.41, 5.74) is 0. The molecule has 0 aromatic rings. The Kier molecular flexibility index (Phi) is 6.11. The van der Waals surface area contributed by atoms with Gasteiger partial charge in [0.05, 0.1) is 0 Å². The van der Waals surface area contributed by atoms with Gasteiger partial charge >= 0.3 is 0 Å². The predicted octanol–water partition coefficient (Wildman–Crippen LogP) is 2.22. The van der Waals surface area contributed by atoms with Gasteiger partial charge in [-0.05, 0) is 6.42 Å². The van der Waals surface area contributed by atoms with Crippen molar-refractivity contribution >= 4 is 40.7 Å². The van der Waals surface area contributed by atoms with Crippen molar-refractivity contribution in [2.75, 3.05) is 13.6 Å². The van der Waals surface area contributed by atoms with Crippen molar-refractivity contribution in [1.29, 1.82) is 0 Å². The van der Waals surface area contributed by atoms with E-state index in [1.807, 2.05) is 7.05 Å². The Balaban J connectivity index is 0.000000218. The van der Waals surface area contributed by atoms with Crippen LogP contribution in [0.25, 0.3) is 0 Å². The van der Waals surface area contributed by atoms with Gasteiger partial charge in [0.15, 0.2) is 4.30 Å². The Hall–Kier alpha value is 0.340. The second-order valence-electron chi connectivity index (χ2n) is 2.17. The van der Waals surface area contributed by atoms with E-state index in [0.29, 0.717) is 5.91 Å². The number of rotatable bonds is 0. The molecule has 2 nitrogen and oxygen atoms in total. The fourth-order valence-electron chi connectivity index (χ4n) is 0.783. The summed E-state index contributed by atoms with van der Waals surface area (Å²) in [6, 6.07) is 0. The minimum Gasteiger partial charge on any atom is -0.346 e. The summed E-state index contributed by atoms with van der Waals surface area (Å²) in [5, 5.41) is 0. The van der Waals surface area contributed by atoms with Crippen LogP contribution in [0.2, 0.25) is 0 Å². The number of likely N-dealkylation sites (tertiary alicyclic amines) is 1. The Morgan fingerprint density at radius 3 is 2.00 bits per heavy atom. The molecule has 5 heteroatoms. The first-order valence-electron chi connectivity index (χ1n) is 3.20. The quantitative estimate of drug-likeness (QED) is 0.571. The van der Waals surface area contributed by atoms with Crippen LogP contribution < -0.4 is 0 Å². The lowest BCUT2D eigenvalue weighted by atomic mass is 10.4. The molecule has 0 aliphatic carbocycles. The summed E-state index contributed by atoms with van der Waals surface area (Å²) in [6.07, 6.45) is 1.81. The normalized spacial score (nSPS) is 16.8. The van der Waals surface area contributed by atoms with E-state index in [-0.39, 0.29) is 0 Å². The van der Waals surface area contributed by atoms with E-state index in [0.717, 1.165) is 19.4 Å². The summed E-state index contributed by atoms with van der Waals surface area (Å²) in [4.78, 5) is 12.3. The second-order valence-corrected chi connectivity index (χ2v) is 4.15. The van der Waals surface area contributed by atoms with Crippen LogP contribution in [0.5, 0.6) is 0 Å². The molecule has 0 radical (unpaired) electrons. The maximum Gasteiger partial charge on any atom is 0.222 e. The van der Waals surface area contributed by atoms with Gasteiger partial charge in [0, 0.05) is 20.0 Å². The number of carbonyl (C=O) groups is 1. The third kappa shape index (κ3) is 6.73. The number of halogens is 3. The molecule has 0 bridgehead atoms.